The molecular weight excluding hydrogens is 419 g/mol. The molecule has 144 valence electrons. The molecule has 0 heterocycles. The van der Waals surface area contributed by atoms with Crippen molar-refractivity contribution < 1.29 is 8.42 Å². The molecule has 0 unspecified atom stereocenters. The number of hydrogen-bond acceptors (Lipinski definition) is 2. The van der Waals surface area contributed by atoms with Crippen LogP contribution in [0.15, 0.2) is 65.6 Å². The van der Waals surface area contributed by atoms with Crippen molar-refractivity contribution in [2.24, 2.45) is 16.7 Å². The summed E-state index contributed by atoms with van der Waals surface area (Å²) < 4.78 is 26.6. The van der Waals surface area contributed by atoms with Gasteiger partial charge in [-0.3, -0.25) is 0 Å². The molecule has 2 aromatic carbocycles. The normalized spacial score (nSPS) is 29.1. The van der Waals surface area contributed by atoms with Crippen LogP contribution in [0.4, 0.5) is 0 Å². The third kappa shape index (κ3) is 3.30. The van der Waals surface area contributed by atoms with Crippen molar-refractivity contribution in [3.05, 3.63) is 66.2 Å². The summed E-state index contributed by atoms with van der Waals surface area (Å²) in [6.45, 7) is 4.67. The molecule has 2 aliphatic rings. The Morgan fingerprint density at radius 2 is 1.63 bits per heavy atom. The van der Waals surface area contributed by atoms with Crippen LogP contribution in [0.5, 0.6) is 0 Å². The van der Waals surface area contributed by atoms with Gasteiger partial charge in [0.05, 0.1) is 0 Å². The molecule has 4 heteroatoms. The Kier molecular flexibility index (Phi) is 5.03. The monoisotopic (exact) mass is 448 g/mol. The van der Waals surface area contributed by atoms with E-state index in [4.69, 9.17) is 0 Å². The Balaban J connectivity index is 1.61. The van der Waals surface area contributed by atoms with Crippen LogP contribution < -0.4 is 0 Å². The SMILES string of the molecule is CC1(C)[C@@H]2CC[C@@]1(CS(=O)(=O)c1ccccc1)[C@H]([Se]Cc1ccccc1)C2. The van der Waals surface area contributed by atoms with Gasteiger partial charge in [0.25, 0.3) is 0 Å². The van der Waals surface area contributed by atoms with Gasteiger partial charge in [0.1, 0.15) is 0 Å². The summed E-state index contributed by atoms with van der Waals surface area (Å²) in [5.41, 5.74) is 1.43. The summed E-state index contributed by atoms with van der Waals surface area (Å²) >= 11 is 0.431. The van der Waals surface area contributed by atoms with Gasteiger partial charge in [-0.2, -0.15) is 0 Å². The fourth-order valence-electron chi connectivity index (χ4n) is 5.39. The van der Waals surface area contributed by atoms with E-state index in [-0.39, 0.29) is 10.8 Å². The van der Waals surface area contributed by atoms with E-state index in [2.05, 4.69) is 44.2 Å². The Labute approximate surface area is 169 Å². The van der Waals surface area contributed by atoms with E-state index < -0.39 is 9.84 Å². The van der Waals surface area contributed by atoms with E-state index in [1.54, 1.807) is 12.1 Å². The maximum absolute atomic E-state index is 13.3. The van der Waals surface area contributed by atoms with E-state index in [1.165, 1.54) is 18.4 Å². The van der Waals surface area contributed by atoms with Gasteiger partial charge in [0.15, 0.2) is 0 Å². The summed E-state index contributed by atoms with van der Waals surface area (Å²) in [4.78, 5) is 1.04. The molecule has 0 radical (unpaired) electrons. The standard InChI is InChI=1S/C23H28O2SSe/c1-22(2)19-13-14-23(22,17-26(24,25)20-11-7-4-8-12-20)21(15-19)27-16-18-9-5-3-6-10-18/h3-12,19,21H,13-17H2,1-2H3/t19-,21-,23-/m1/s1. The average molecular weight is 448 g/mol. The fraction of sp³-hybridized carbons (Fsp3) is 0.478. The Hall–Kier alpha value is -1.09. The van der Waals surface area contributed by atoms with Crippen molar-refractivity contribution in [1.29, 1.82) is 0 Å². The van der Waals surface area contributed by atoms with Crippen molar-refractivity contribution in [1.82, 2.24) is 0 Å². The van der Waals surface area contributed by atoms with Crippen LogP contribution in [0.1, 0.15) is 38.7 Å². The van der Waals surface area contributed by atoms with Crippen molar-refractivity contribution in [3.8, 4) is 0 Å². The van der Waals surface area contributed by atoms with E-state index in [0.717, 1.165) is 11.7 Å². The molecule has 3 atom stereocenters. The van der Waals surface area contributed by atoms with Crippen LogP contribution in [0, 0.1) is 16.7 Å². The molecule has 0 amide bonds. The fourth-order valence-corrected chi connectivity index (χ4v) is 11.5. The summed E-state index contributed by atoms with van der Waals surface area (Å²) in [5, 5.41) is 1.11. The van der Waals surface area contributed by atoms with Crippen LogP contribution >= 0.6 is 0 Å². The van der Waals surface area contributed by atoms with Crippen LogP contribution in [-0.4, -0.2) is 29.1 Å². The first kappa shape index (κ1) is 19.2. The zero-order chi connectivity index (χ0) is 19.1. The molecule has 27 heavy (non-hydrogen) atoms. The number of sulfone groups is 1. The van der Waals surface area contributed by atoms with Crippen LogP contribution in [0.25, 0.3) is 0 Å². The minimum atomic E-state index is -3.26. The first-order chi connectivity index (χ1) is 12.9. The van der Waals surface area contributed by atoms with Crippen molar-refractivity contribution >= 4 is 24.8 Å². The number of fused-ring (bicyclic) bond motifs is 2. The van der Waals surface area contributed by atoms with E-state index in [9.17, 15) is 8.42 Å². The zero-order valence-electron chi connectivity index (χ0n) is 16.1. The van der Waals surface area contributed by atoms with Gasteiger partial charge in [-0.15, -0.1) is 0 Å². The van der Waals surface area contributed by atoms with Gasteiger partial charge in [0, 0.05) is 0 Å². The van der Waals surface area contributed by atoms with Gasteiger partial charge < -0.3 is 0 Å². The number of rotatable bonds is 6. The molecule has 0 aliphatic heterocycles. The van der Waals surface area contributed by atoms with Gasteiger partial charge >= 0.3 is 170 Å². The molecule has 2 bridgehead atoms. The molecule has 2 aromatic rings. The van der Waals surface area contributed by atoms with Gasteiger partial charge in [-0.25, -0.2) is 0 Å². The molecule has 2 fully saturated rings. The Morgan fingerprint density at radius 3 is 2.26 bits per heavy atom. The predicted molar refractivity (Wildman–Crippen MR) is 112 cm³/mol. The molecule has 4 rings (SSSR count). The minimum absolute atomic E-state index is 0.0683. The van der Waals surface area contributed by atoms with E-state index >= 15 is 0 Å². The topological polar surface area (TPSA) is 34.1 Å². The summed E-state index contributed by atoms with van der Waals surface area (Å²) in [6, 6.07) is 19.7. The molecular formula is C23H28O2SSe. The quantitative estimate of drug-likeness (QED) is 0.586. The van der Waals surface area contributed by atoms with Gasteiger partial charge in [-0.05, 0) is 0 Å². The molecule has 0 spiro atoms. The van der Waals surface area contributed by atoms with Crippen molar-refractivity contribution in [3.63, 3.8) is 0 Å². The van der Waals surface area contributed by atoms with Crippen LogP contribution in [0.2, 0.25) is 4.82 Å². The molecule has 0 N–H and O–H groups in total. The maximum atomic E-state index is 13.3. The number of benzene rings is 2. The predicted octanol–water partition coefficient (Wildman–Crippen LogP) is 4.98. The second kappa shape index (κ2) is 7.06. The van der Waals surface area contributed by atoms with Gasteiger partial charge in [-0.1, -0.05) is 0 Å². The number of hydrogen-bond donors (Lipinski definition) is 0. The summed E-state index contributed by atoms with van der Waals surface area (Å²) in [5.74, 6) is 0.987. The Bertz CT molecular complexity index is 892. The first-order valence-electron chi connectivity index (χ1n) is 9.78. The molecule has 0 aromatic heterocycles. The molecule has 2 saturated carbocycles. The summed E-state index contributed by atoms with van der Waals surface area (Å²) in [6.07, 6.45) is 3.47. The summed E-state index contributed by atoms with van der Waals surface area (Å²) in [7, 11) is -3.26. The van der Waals surface area contributed by atoms with Gasteiger partial charge in [0.2, 0.25) is 0 Å². The second-order valence-corrected chi connectivity index (χ2v) is 13.2. The van der Waals surface area contributed by atoms with Crippen LogP contribution in [-0.2, 0) is 15.2 Å². The van der Waals surface area contributed by atoms with E-state index in [0.29, 0.717) is 36.3 Å². The first-order valence-corrected chi connectivity index (χ1v) is 13.6. The van der Waals surface area contributed by atoms with E-state index in [1.807, 2.05) is 18.2 Å². The molecule has 0 saturated heterocycles. The van der Waals surface area contributed by atoms with Crippen molar-refractivity contribution in [2.45, 2.75) is 48.1 Å². The average Bonchev–Trinajstić information content (AvgIpc) is 3.02. The molecule has 2 nitrogen and oxygen atoms in total. The third-order valence-corrected chi connectivity index (χ3v) is 12.3. The third-order valence-electron chi connectivity index (χ3n) is 7.20. The van der Waals surface area contributed by atoms with Crippen molar-refractivity contribution in [2.75, 3.05) is 5.75 Å². The Morgan fingerprint density at radius 1 is 1.00 bits per heavy atom. The second-order valence-electron chi connectivity index (χ2n) is 8.71. The van der Waals surface area contributed by atoms with Crippen LogP contribution in [0.3, 0.4) is 0 Å². The zero-order valence-corrected chi connectivity index (χ0v) is 18.6. The molecule has 2 aliphatic carbocycles.